The van der Waals surface area contributed by atoms with E-state index in [9.17, 15) is 8.78 Å². The van der Waals surface area contributed by atoms with Gasteiger partial charge in [-0.2, -0.15) is 0 Å². The highest BCUT2D eigenvalue weighted by Crippen LogP contribution is 2.32. The Morgan fingerprint density at radius 1 is 1.56 bits per heavy atom. The maximum absolute atomic E-state index is 13.0. The van der Waals surface area contributed by atoms with Gasteiger partial charge in [-0.1, -0.05) is 6.42 Å². The number of aromatic nitrogens is 1. The normalized spacial score (nSPS) is 22.3. The van der Waals surface area contributed by atoms with Crippen LogP contribution >= 0.6 is 11.3 Å². The highest BCUT2D eigenvalue weighted by Gasteiger charge is 2.27. The quantitative estimate of drug-likeness (QED) is 0.887. The first-order valence-electron chi connectivity index (χ1n) is 5.62. The molecule has 16 heavy (non-hydrogen) atoms. The van der Waals surface area contributed by atoms with Crippen LogP contribution in [0.25, 0.3) is 0 Å². The summed E-state index contributed by atoms with van der Waals surface area (Å²) in [6.45, 7) is 1.95. The average Bonchev–Trinajstić information content (AvgIpc) is 2.67. The van der Waals surface area contributed by atoms with Crippen molar-refractivity contribution in [3.8, 4) is 0 Å². The van der Waals surface area contributed by atoms with Crippen molar-refractivity contribution < 1.29 is 8.78 Å². The van der Waals surface area contributed by atoms with Crippen LogP contribution in [0.4, 0.5) is 8.78 Å². The van der Waals surface area contributed by atoms with Gasteiger partial charge >= 0.3 is 0 Å². The summed E-state index contributed by atoms with van der Waals surface area (Å²) in [5.74, 6) is -2.75. The van der Waals surface area contributed by atoms with Gasteiger partial charge in [0.1, 0.15) is 0 Å². The van der Waals surface area contributed by atoms with Crippen molar-refractivity contribution in [2.45, 2.75) is 44.6 Å². The maximum Gasteiger partial charge on any atom is 0.281 e. The van der Waals surface area contributed by atoms with Crippen LogP contribution in [-0.4, -0.2) is 17.6 Å². The Kier molecular flexibility index (Phi) is 3.54. The number of hydrogen-bond acceptors (Lipinski definition) is 3. The Bertz CT molecular complexity index is 340. The van der Waals surface area contributed by atoms with Gasteiger partial charge in [-0.3, -0.25) is 0 Å². The topological polar surface area (TPSA) is 24.9 Å². The molecule has 0 bridgehead atoms. The Morgan fingerprint density at radius 2 is 2.38 bits per heavy atom. The summed E-state index contributed by atoms with van der Waals surface area (Å²) in [6.07, 6.45) is 5.65. The number of alkyl halides is 2. The van der Waals surface area contributed by atoms with Crippen LogP contribution in [0.15, 0.2) is 6.20 Å². The molecular formula is C11H16F2N2S. The fourth-order valence-corrected chi connectivity index (χ4v) is 2.84. The van der Waals surface area contributed by atoms with Crippen molar-refractivity contribution in [1.29, 1.82) is 0 Å². The summed E-state index contributed by atoms with van der Waals surface area (Å²) in [5, 5.41) is 4.21. The number of halogens is 2. The second-order valence-corrected chi connectivity index (χ2v) is 5.47. The van der Waals surface area contributed by atoms with E-state index in [4.69, 9.17) is 0 Å². The van der Waals surface area contributed by atoms with Gasteiger partial charge in [-0.05, 0) is 19.4 Å². The first-order chi connectivity index (χ1) is 7.55. The lowest BCUT2D eigenvalue weighted by molar-refractivity contribution is 0.0213. The van der Waals surface area contributed by atoms with E-state index in [1.165, 1.54) is 19.0 Å². The number of thiazole rings is 1. The highest BCUT2D eigenvalue weighted by atomic mass is 32.1. The van der Waals surface area contributed by atoms with Crippen molar-refractivity contribution in [1.82, 2.24) is 10.3 Å². The summed E-state index contributed by atoms with van der Waals surface area (Å²) in [5.41, 5.74) is 0. The van der Waals surface area contributed by atoms with Gasteiger partial charge in [0.25, 0.3) is 5.92 Å². The van der Waals surface area contributed by atoms with Crippen LogP contribution in [0.3, 0.4) is 0 Å². The standard InChI is InChI=1S/C11H16F2N2S/c1-11(12,13)9-7-15-10(16-9)6-8-4-2-3-5-14-8/h7-8,14H,2-6H2,1H3. The van der Waals surface area contributed by atoms with Gasteiger partial charge in [0.15, 0.2) is 0 Å². The molecule has 1 atom stereocenters. The third kappa shape index (κ3) is 2.98. The largest absolute Gasteiger partial charge is 0.314 e. The monoisotopic (exact) mass is 246 g/mol. The average molecular weight is 246 g/mol. The zero-order valence-electron chi connectivity index (χ0n) is 9.30. The van der Waals surface area contributed by atoms with Gasteiger partial charge in [0.2, 0.25) is 0 Å². The minimum Gasteiger partial charge on any atom is -0.314 e. The van der Waals surface area contributed by atoms with Crippen LogP contribution in [0, 0.1) is 0 Å². The van der Waals surface area contributed by atoms with Crippen molar-refractivity contribution in [2.75, 3.05) is 6.54 Å². The molecule has 1 aromatic heterocycles. The van der Waals surface area contributed by atoms with Gasteiger partial charge in [0, 0.05) is 25.6 Å². The number of piperidine rings is 1. The molecule has 1 saturated heterocycles. The molecule has 5 heteroatoms. The Balaban J connectivity index is 1.97. The van der Waals surface area contributed by atoms with Crippen LogP contribution in [-0.2, 0) is 12.3 Å². The third-order valence-corrected chi connectivity index (χ3v) is 4.01. The van der Waals surface area contributed by atoms with E-state index in [1.54, 1.807) is 0 Å². The van der Waals surface area contributed by atoms with E-state index in [1.807, 2.05) is 0 Å². The van der Waals surface area contributed by atoms with Crippen molar-refractivity contribution in [3.05, 3.63) is 16.1 Å². The summed E-state index contributed by atoms with van der Waals surface area (Å²) < 4.78 is 26.0. The zero-order chi connectivity index (χ0) is 11.6. The first kappa shape index (κ1) is 11.9. The molecule has 0 radical (unpaired) electrons. The third-order valence-electron chi connectivity index (χ3n) is 2.82. The maximum atomic E-state index is 13.0. The van der Waals surface area contributed by atoms with E-state index in [2.05, 4.69) is 10.3 Å². The molecule has 2 nitrogen and oxygen atoms in total. The SMILES string of the molecule is CC(F)(F)c1cnc(CC2CCCCN2)s1. The highest BCUT2D eigenvalue weighted by molar-refractivity contribution is 7.11. The van der Waals surface area contributed by atoms with Crippen molar-refractivity contribution >= 4 is 11.3 Å². The molecule has 1 fully saturated rings. The molecule has 0 aromatic carbocycles. The number of nitrogens with zero attached hydrogens (tertiary/aromatic N) is 1. The van der Waals surface area contributed by atoms with E-state index in [0.29, 0.717) is 6.04 Å². The summed E-state index contributed by atoms with van der Waals surface area (Å²) >= 11 is 1.13. The lowest BCUT2D eigenvalue weighted by atomic mass is 10.0. The molecule has 0 amide bonds. The van der Waals surface area contributed by atoms with Crippen LogP contribution in [0.2, 0.25) is 0 Å². The molecule has 1 aliphatic heterocycles. The van der Waals surface area contributed by atoms with Crippen LogP contribution < -0.4 is 5.32 Å². The predicted molar refractivity (Wildman–Crippen MR) is 61.0 cm³/mol. The van der Waals surface area contributed by atoms with E-state index >= 15 is 0 Å². The fourth-order valence-electron chi connectivity index (χ4n) is 1.92. The van der Waals surface area contributed by atoms with Gasteiger partial charge in [0.05, 0.1) is 9.88 Å². The Morgan fingerprint density at radius 3 is 2.94 bits per heavy atom. The molecular weight excluding hydrogens is 230 g/mol. The minimum atomic E-state index is -2.75. The van der Waals surface area contributed by atoms with Gasteiger partial charge < -0.3 is 5.32 Å². The molecule has 2 rings (SSSR count). The number of hydrogen-bond donors (Lipinski definition) is 1. The van der Waals surface area contributed by atoms with Crippen molar-refractivity contribution in [3.63, 3.8) is 0 Å². The lowest BCUT2D eigenvalue weighted by Crippen LogP contribution is -2.35. The lowest BCUT2D eigenvalue weighted by Gasteiger charge is -2.22. The number of nitrogens with one attached hydrogen (secondary N) is 1. The molecule has 0 spiro atoms. The first-order valence-corrected chi connectivity index (χ1v) is 6.44. The Hall–Kier alpha value is -0.550. The molecule has 90 valence electrons. The molecule has 0 saturated carbocycles. The predicted octanol–water partition coefficient (Wildman–Crippen LogP) is 2.94. The van der Waals surface area contributed by atoms with Gasteiger partial charge in [-0.25, -0.2) is 13.8 Å². The number of rotatable bonds is 3. The van der Waals surface area contributed by atoms with Gasteiger partial charge in [-0.15, -0.1) is 11.3 Å². The molecule has 0 aliphatic carbocycles. The summed E-state index contributed by atoms with van der Waals surface area (Å²) in [4.78, 5) is 4.14. The van der Waals surface area contributed by atoms with Crippen LogP contribution in [0.1, 0.15) is 36.1 Å². The smallest absolute Gasteiger partial charge is 0.281 e. The Labute approximate surface area is 98.1 Å². The summed E-state index contributed by atoms with van der Waals surface area (Å²) in [6, 6.07) is 0.415. The zero-order valence-corrected chi connectivity index (χ0v) is 10.1. The minimum absolute atomic E-state index is 0.0679. The van der Waals surface area contributed by atoms with Crippen LogP contribution in [0.5, 0.6) is 0 Å². The second kappa shape index (κ2) is 4.75. The molecule has 2 heterocycles. The van der Waals surface area contributed by atoms with Crippen molar-refractivity contribution in [2.24, 2.45) is 0 Å². The fraction of sp³-hybridized carbons (Fsp3) is 0.727. The van der Waals surface area contributed by atoms with E-state index in [0.717, 1.165) is 42.7 Å². The second-order valence-electron chi connectivity index (χ2n) is 4.36. The van der Waals surface area contributed by atoms with E-state index < -0.39 is 5.92 Å². The molecule has 1 unspecified atom stereocenters. The molecule has 1 aliphatic rings. The molecule has 1 N–H and O–H groups in total. The van der Waals surface area contributed by atoms with E-state index in [-0.39, 0.29) is 4.88 Å². The summed E-state index contributed by atoms with van der Waals surface area (Å²) in [7, 11) is 0. The molecule has 1 aromatic rings.